The van der Waals surface area contributed by atoms with Crippen LogP contribution in [0.2, 0.25) is 0 Å². The minimum atomic E-state index is -0.519. The van der Waals surface area contributed by atoms with E-state index in [0.717, 1.165) is 38.2 Å². The maximum Gasteiger partial charge on any atom is 0.247 e. The third kappa shape index (κ3) is 4.90. The van der Waals surface area contributed by atoms with Crippen molar-refractivity contribution in [1.29, 1.82) is 0 Å². The first kappa shape index (κ1) is 22.9. The SMILES string of the molecule is CC(=O)Nc1cc(F)ccc1C(=O)CCCN1CCC2(CC1)C(=O)NCN2c1ccccc1. The lowest BCUT2D eigenvalue weighted by atomic mass is 9.85. The molecule has 8 heteroatoms. The van der Waals surface area contributed by atoms with Crippen LogP contribution in [0.15, 0.2) is 48.5 Å². The second-order valence-electron chi connectivity index (χ2n) is 8.70. The van der Waals surface area contributed by atoms with Gasteiger partial charge >= 0.3 is 0 Å². The maximum absolute atomic E-state index is 13.5. The second-order valence-corrected chi connectivity index (χ2v) is 8.70. The van der Waals surface area contributed by atoms with Gasteiger partial charge in [0.25, 0.3) is 0 Å². The average Bonchev–Trinajstić information content (AvgIpc) is 3.11. The molecule has 0 unspecified atom stereocenters. The molecule has 2 saturated heterocycles. The van der Waals surface area contributed by atoms with E-state index in [1.165, 1.54) is 25.1 Å². The lowest BCUT2D eigenvalue weighted by Gasteiger charge is -2.43. The van der Waals surface area contributed by atoms with Gasteiger partial charge in [-0.1, -0.05) is 18.2 Å². The first-order chi connectivity index (χ1) is 15.9. The predicted octanol–water partition coefficient (Wildman–Crippen LogP) is 3.18. The molecule has 0 bridgehead atoms. The number of Topliss-reactive ketones (excluding diaryl/α,β-unsaturated/α-hetero) is 1. The van der Waals surface area contributed by atoms with Crippen molar-refractivity contribution in [1.82, 2.24) is 10.2 Å². The summed E-state index contributed by atoms with van der Waals surface area (Å²) >= 11 is 0. The minimum Gasteiger partial charge on any atom is -0.339 e. The normalized spacial score (nSPS) is 17.8. The van der Waals surface area contributed by atoms with Crippen LogP contribution in [-0.4, -0.2) is 54.3 Å². The Kier molecular flexibility index (Phi) is 6.74. The third-order valence-electron chi connectivity index (χ3n) is 6.56. The quantitative estimate of drug-likeness (QED) is 0.631. The second kappa shape index (κ2) is 9.70. The van der Waals surface area contributed by atoms with E-state index in [0.29, 0.717) is 25.1 Å². The number of nitrogens with zero attached hydrogens (tertiary/aromatic N) is 2. The zero-order valence-electron chi connectivity index (χ0n) is 18.8. The van der Waals surface area contributed by atoms with Gasteiger partial charge < -0.3 is 20.4 Å². The Morgan fingerprint density at radius 3 is 2.55 bits per heavy atom. The molecule has 174 valence electrons. The standard InChI is InChI=1S/C25H29FN4O3/c1-18(31)28-22-16-19(26)9-10-21(22)23(32)8-5-13-29-14-11-25(12-15-29)24(33)27-17-30(25)20-6-3-2-4-7-20/h2-4,6-7,9-10,16H,5,8,11-15,17H2,1H3,(H,27,33)(H,28,31). The van der Waals surface area contributed by atoms with Gasteiger partial charge in [-0.3, -0.25) is 14.4 Å². The molecule has 2 fully saturated rings. The highest BCUT2D eigenvalue weighted by Gasteiger charge is 2.50. The minimum absolute atomic E-state index is 0.0861. The molecular weight excluding hydrogens is 423 g/mol. The number of benzene rings is 2. The molecule has 2 aromatic carbocycles. The number of para-hydroxylation sites is 1. The summed E-state index contributed by atoms with van der Waals surface area (Å²) in [7, 11) is 0. The number of likely N-dealkylation sites (tertiary alicyclic amines) is 1. The summed E-state index contributed by atoms with van der Waals surface area (Å²) in [5, 5.41) is 5.54. The monoisotopic (exact) mass is 452 g/mol. The van der Waals surface area contributed by atoms with Crippen molar-refractivity contribution in [2.24, 2.45) is 0 Å². The Morgan fingerprint density at radius 1 is 1.12 bits per heavy atom. The van der Waals surface area contributed by atoms with E-state index in [9.17, 15) is 18.8 Å². The Hall–Kier alpha value is -3.26. The first-order valence-electron chi connectivity index (χ1n) is 11.3. The van der Waals surface area contributed by atoms with Gasteiger partial charge in [0, 0.05) is 37.7 Å². The zero-order chi connectivity index (χ0) is 23.4. The number of carbonyl (C=O) groups is 3. The van der Waals surface area contributed by atoms with E-state index in [1.54, 1.807) is 0 Å². The molecule has 0 aliphatic carbocycles. The van der Waals surface area contributed by atoms with Crippen molar-refractivity contribution in [2.45, 2.75) is 38.1 Å². The molecule has 1 spiro atoms. The summed E-state index contributed by atoms with van der Waals surface area (Å²) < 4.78 is 13.5. The van der Waals surface area contributed by atoms with Crippen molar-refractivity contribution >= 4 is 29.0 Å². The molecule has 0 atom stereocenters. The number of carbonyl (C=O) groups excluding carboxylic acids is 3. The van der Waals surface area contributed by atoms with E-state index >= 15 is 0 Å². The Bertz CT molecular complexity index is 1040. The zero-order valence-corrected chi connectivity index (χ0v) is 18.8. The lowest BCUT2D eigenvalue weighted by Crippen LogP contribution is -2.56. The number of ketones is 1. The third-order valence-corrected chi connectivity index (χ3v) is 6.56. The summed E-state index contributed by atoms with van der Waals surface area (Å²) in [6.45, 7) is 4.14. The van der Waals surface area contributed by atoms with Crippen molar-refractivity contribution in [2.75, 3.05) is 36.5 Å². The lowest BCUT2D eigenvalue weighted by molar-refractivity contribution is -0.125. The smallest absolute Gasteiger partial charge is 0.247 e. The molecule has 2 N–H and O–H groups in total. The van der Waals surface area contributed by atoms with Crippen molar-refractivity contribution < 1.29 is 18.8 Å². The largest absolute Gasteiger partial charge is 0.339 e. The number of anilines is 2. The van der Waals surface area contributed by atoms with Crippen LogP contribution in [0.5, 0.6) is 0 Å². The van der Waals surface area contributed by atoms with Crippen molar-refractivity contribution in [3.63, 3.8) is 0 Å². The fourth-order valence-electron chi connectivity index (χ4n) is 4.83. The molecule has 2 aliphatic rings. The average molecular weight is 453 g/mol. The Labute approximate surface area is 192 Å². The number of nitrogens with one attached hydrogen (secondary N) is 2. The maximum atomic E-state index is 13.5. The first-order valence-corrected chi connectivity index (χ1v) is 11.3. The topological polar surface area (TPSA) is 81.8 Å². The molecule has 4 rings (SSSR count). The Balaban J connectivity index is 1.32. The molecule has 0 aromatic heterocycles. The van der Waals surface area contributed by atoms with E-state index in [-0.39, 0.29) is 23.3 Å². The fourth-order valence-corrected chi connectivity index (χ4v) is 4.83. The van der Waals surface area contributed by atoms with Gasteiger partial charge in [-0.15, -0.1) is 0 Å². The highest BCUT2D eigenvalue weighted by atomic mass is 19.1. The van der Waals surface area contributed by atoms with Gasteiger partial charge in [0.05, 0.1) is 12.4 Å². The van der Waals surface area contributed by atoms with Crippen LogP contribution >= 0.6 is 0 Å². The van der Waals surface area contributed by atoms with Crippen LogP contribution in [0.25, 0.3) is 0 Å². The molecule has 0 radical (unpaired) electrons. The van der Waals surface area contributed by atoms with Gasteiger partial charge in [0.1, 0.15) is 11.4 Å². The van der Waals surface area contributed by atoms with E-state index < -0.39 is 11.4 Å². The molecule has 7 nitrogen and oxygen atoms in total. The van der Waals surface area contributed by atoms with Crippen molar-refractivity contribution in [3.8, 4) is 0 Å². The Morgan fingerprint density at radius 2 is 1.85 bits per heavy atom. The number of hydrogen-bond donors (Lipinski definition) is 2. The molecule has 33 heavy (non-hydrogen) atoms. The van der Waals surface area contributed by atoms with Gasteiger partial charge in [0.2, 0.25) is 11.8 Å². The number of rotatable bonds is 7. The number of amides is 2. The van der Waals surface area contributed by atoms with E-state index in [1.807, 2.05) is 30.3 Å². The van der Waals surface area contributed by atoms with E-state index in [4.69, 9.17) is 0 Å². The van der Waals surface area contributed by atoms with Crippen molar-refractivity contribution in [3.05, 3.63) is 59.9 Å². The molecule has 2 heterocycles. The number of piperidine rings is 1. The molecule has 0 saturated carbocycles. The van der Waals surface area contributed by atoms with Crippen LogP contribution in [0.1, 0.15) is 43.0 Å². The molecular formula is C25H29FN4O3. The molecule has 2 amide bonds. The van der Waals surface area contributed by atoms with E-state index in [2.05, 4.69) is 20.4 Å². The van der Waals surface area contributed by atoms with Gasteiger partial charge in [-0.25, -0.2) is 4.39 Å². The molecule has 2 aromatic rings. The fraction of sp³-hybridized carbons (Fsp3) is 0.400. The van der Waals surface area contributed by atoms with Gasteiger partial charge in [-0.2, -0.15) is 0 Å². The van der Waals surface area contributed by atoms with Gasteiger partial charge in [0.15, 0.2) is 5.78 Å². The number of halogens is 1. The predicted molar refractivity (Wildman–Crippen MR) is 125 cm³/mol. The van der Waals surface area contributed by atoms with Crippen LogP contribution in [0, 0.1) is 5.82 Å². The summed E-state index contributed by atoms with van der Waals surface area (Å²) in [6.07, 6.45) is 2.41. The van der Waals surface area contributed by atoms with Crippen LogP contribution in [-0.2, 0) is 9.59 Å². The summed E-state index contributed by atoms with van der Waals surface area (Å²) in [5.41, 5.74) is 1.06. The van der Waals surface area contributed by atoms with Gasteiger partial charge in [-0.05, 0) is 56.1 Å². The highest BCUT2D eigenvalue weighted by molar-refractivity contribution is 6.04. The highest BCUT2D eigenvalue weighted by Crippen LogP contribution is 2.36. The molecule has 2 aliphatic heterocycles. The summed E-state index contributed by atoms with van der Waals surface area (Å²) in [6, 6.07) is 13.8. The number of hydrogen-bond acceptors (Lipinski definition) is 5. The van der Waals surface area contributed by atoms with Crippen LogP contribution in [0.4, 0.5) is 15.8 Å². The summed E-state index contributed by atoms with van der Waals surface area (Å²) in [5.74, 6) is -0.893. The summed E-state index contributed by atoms with van der Waals surface area (Å²) in [4.78, 5) is 41.3. The van der Waals surface area contributed by atoms with Crippen LogP contribution < -0.4 is 15.5 Å². The van der Waals surface area contributed by atoms with Crippen LogP contribution in [0.3, 0.4) is 0 Å².